The van der Waals surface area contributed by atoms with Crippen LogP contribution in [0.3, 0.4) is 0 Å². The number of amides is 2. The molecule has 0 saturated carbocycles. The highest BCUT2D eigenvalue weighted by atomic mass is 16.6. The van der Waals surface area contributed by atoms with Crippen molar-refractivity contribution in [3.63, 3.8) is 0 Å². The lowest BCUT2D eigenvalue weighted by Crippen LogP contribution is -2.38. The van der Waals surface area contributed by atoms with Crippen LogP contribution in [0.25, 0.3) is 21.9 Å². The van der Waals surface area contributed by atoms with Crippen molar-refractivity contribution in [2.45, 2.75) is 53.2 Å². The predicted molar refractivity (Wildman–Crippen MR) is 136 cm³/mol. The molecule has 0 radical (unpaired) electrons. The van der Waals surface area contributed by atoms with Crippen LogP contribution in [0.5, 0.6) is 0 Å². The Balaban J connectivity index is 2.45. The van der Waals surface area contributed by atoms with Gasteiger partial charge in [-0.2, -0.15) is 0 Å². The average molecular weight is 464 g/mol. The van der Waals surface area contributed by atoms with E-state index >= 15 is 0 Å². The number of hydrogen-bond acceptors (Lipinski definition) is 4. The van der Waals surface area contributed by atoms with Gasteiger partial charge < -0.3 is 10.5 Å². The van der Waals surface area contributed by atoms with E-state index in [1.807, 2.05) is 50.2 Å². The summed E-state index contributed by atoms with van der Waals surface area (Å²) in [5.74, 6) is 0.140. The molecule has 0 unspecified atom stereocenters. The zero-order chi connectivity index (χ0) is 25.2. The number of pyridine rings is 1. The molecular weight excluding hydrogens is 430 g/mol. The fourth-order valence-corrected chi connectivity index (χ4v) is 3.98. The lowest BCUT2D eigenvalue weighted by molar-refractivity contribution is -0.117. The molecule has 0 fully saturated rings. The number of hydrogen-bond donors (Lipinski definition) is 1. The summed E-state index contributed by atoms with van der Waals surface area (Å²) in [7, 11) is 1.62. The largest absolute Gasteiger partial charge is 0.443 e. The number of nitrogens with two attached hydrogens (primary N) is 1. The Morgan fingerprint density at radius 3 is 2.26 bits per heavy atom. The Kier molecular flexibility index (Phi) is 7.15. The van der Waals surface area contributed by atoms with E-state index in [0.29, 0.717) is 28.7 Å². The Hall–Kier alpha value is -3.61. The van der Waals surface area contributed by atoms with Crippen LogP contribution < -0.4 is 16.2 Å². The number of rotatable bonds is 6. The highest BCUT2D eigenvalue weighted by Crippen LogP contribution is 2.37. The number of primary amides is 1. The van der Waals surface area contributed by atoms with Crippen LogP contribution in [-0.4, -0.2) is 29.2 Å². The molecule has 2 N–H and O–H groups in total. The number of fused-ring (bicyclic) bond motifs is 1. The number of aromatic nitrogens is 1. The van der Waals surface area contributed by atoms with Crippen molar-refractivity contribution in [1.82, 2.24) is 4.57 Å². The van der Waals surface area contributed by atoms with Gasteiger partial charge in [0, 0.05) is 24.5 Å². The van der Waals surface area contributed by atoms with Crippen molar-refractivity contribution in [2.24, 2.45) is 11.7 Å². The van der Waals surface area contributed by atoms with Gasteiger partial charge in [-0.25, -0.2) is 4.79 Å². The van der Waals surface area contributed by atoms with Crippen molar-refractivity contribution in [2.75, 3.05) is 11.9 Å². The molecule has 0 saturated heterocycles. The van der Waals surface area contributed by atoms with E-state index in [1.165, 1.54) is 4.90 Å². The first-order valence-electron chi connectivity index (χ1n) is 11.4. The molecule has 3 aromatic rings. The first kappa shape index (κ1) is 25.0. The summed E-state index contributed by atoms with van der Waals surface area (Å²) in [6.07, 6.45) is -0.509. The number of carbonyl (C=O) groups is 2. The van der Waals surface area contributed by atoms with Crippen LogP contribution in [0.4, 0.5) is 10.6 Å². The van der Waals surface area contributed by atoms with E-state index in [1.54, 1.807) is 44.5 Å². The molecule has 3 rings (SSSR count). The Bertz CT molecular complexity index is 1270. The lowest BCUT2D eigenvalue weighted by Gasteiger charge is -2.29. The summed E-state index contributed by atoms with van der Waals surface area (Å²) in [6, 6.07) is 14.9. The number of benzene rings is 2. The average Bonchev–Trinajstić information content (AvgIpc) is 2.73. The molecule has 7 nitrogen and oxygen atoms in total. The molecule has 2 amide bonds. The maximum absolute atomic E-state index is 13.7. The topological polar surface area (TPSA) is 94.6 Å². The third-order valence-corrected chi connectivity index (χ3v) is 5.28. The maximum Gasteiger partial charge on any atom is 0.415 e. The molecule has 1 heterocycles. The quantitative estimate of drug-likeness (QED) is 0.572. The minimum absolute atomic E-state index is 0.0521. The van der Waals surface area contributed by atoms with Crippen LogP contribution >= 0.6 is 0 Å². The van der Waals surface area contributed by atoms with Crippen LogP contribution in [0, 0.1) is 5.92 Å². The first-order valence-corrected chi connectivity index (χ1v) is 11.4. The fourth-order valence-electron chi connectivity index (χ4n) is 3.98. The van der Waals surface area contributed by atoms with E-state index in [4.69, 9.17) is 10.5 Å². The minimum atomic E-state index is -0.701. The highest BCUT2D eigenvalue weighted by molar-refractivity contribution is 6.05. The van der Waals surface area contributed by atoms with Gasteiger partial charge in [-0.1, -0.05) is 50.2 Å². The summed E-state index contributed by atoms with van der Waals surface area (Å²) in [5.41, 5.74) is 6.77. The Morgan fingerprint density at radius 1 is 1.06 bits per heavy atom. The molecule has 34 heavy (non-hydrogen) atoms. The van der Waals surface area contributed by atoms with Crippen molar-refractivity contribution < 1.29 is 14.3 Å². The third-order valence-electron chi connectivity index (χ3n) is 5.28. The molecule has 2 aromatic carbocycles. The molecular formula is C27H33N3O4. The zero-order valence-corrected chi connectivity index (χ0v) is 20.7. The first-order chi connectivity index (χ1) is 15.9. The second-order valence-electron chi connectivity index (χ2n) is 9.94. The second-order valence-corrected chi connectivity index (χ2v) is 9.94. The highest BCUT2D eigenvalue weighted by Gasteiger charge is 2.28. The van der Waals surface area contributed by atoms with Crippen LogP contribution in [-0.2, 0) is 22.5 Å². The van der Waals surface area contributed by atoms with Gasteiger partial charge in [0.1, 0.15) is 11.4 Å². The molecule has 180 valence electrons. The lowest BCUT2D eigenvalue weighted by atomic mass is 9.96. The van der Waals surface area contributed by atoms with Crippen LogP contribution in [0.15, 0.2) is 53.3 Å². The molecule has 0 bridgehead atoms. The normalized spacial score (nSPS) is 11.6. The van der Waals surface area contributed by atoms with Crippen LogP contribution in [0.2, 0.25) is 0 Å². The number of ether oxygens (including phenoxy) is 1. The van der Waals surface area contributed by atoms with Crippen molar-refractivity contribution in [3.05, 3.63) is 64.4 Å². The Labute approximate surface area is 200 Å². The summed E-state index contributed by atoms with van der Waals surface area (Å²) in [5, 5.41) is 1.16. The van der Waals surface area contributed by atoms with Crippen molar-refractivity contribution in [1.29, 1.82) is 0 Å². The van der Waals surface area contributed by atoms with E-state index in [0.717, 1.165) is 11.1 Å². The van der Waals surface area contributed by atoms with E-state index < -0.39 is 17.6 Å². The minimum Gasteiger partial charge on any atom is -0.443 e. The molecule has 7 heteroatoms. The summed E-state index contributed by atoms with van der Waals surface area (Å²) in [4.78, 5) is 39.9. The molecule has 0 aliphatic heterocycles. The summed E-state index contributed by atoms with van der Waals surface area (Å²) >= 11 is 0. The van der Waals surface area contributed by atoms with Crippen molar-refractivity contribution >= 4 is 28.6 Å². The van der Waals surface area contributed by atoms with E-state index in [-0.39, 0.29) is 17.9 Å². The monoisotopic (exact) mass is 463 g/mol. The molecule has 0 atom stereocenters. The number of carbonyl (C=O) groups excluding carboxylic acids is 2. The summed E-state index contributed by atoms with van der Waals surface area (Å²) < 4.78 is 7.29. The number of nitrogens with zero attached hydrogens (tertiary/aromatic N) is 2. The smallest absolute Gasteiger partial charge is 0.415 e. The van der Waals surface area contributed by atoms with Crippen LogP contribution in [0.1, 0.15) is 40.2 Å². The standard InChI is InChI=1S/C27H33N3O4/c1-17(2)16-30-24(29(6)26(33)34-27(3,4)5)23(19-10-8-7-9-11-19)21-14-18(15-22(28)31)12-13-20(21)25(30)32/h7-14,17H,15-16H2,1-6H3,(H2,28,31). The SMILES string of the molecule is CC(C)Cn1c(N(C)C(=O)OC(C)(C)C)c(-c2ccccc2)c2cc(CC(N)=O)ccc2c1=O. The molecule has 0 spiro atoms. The Morgan fingerprint density at radius 2 is 1.71 bits per heavy atom. The van der Waals surface area contributed by atoms with E-state index in [2.05, 4.69) is 0 Å². The van der Waals surface area contributed by atoms with Gasteiger partial charge in [0.2, 0.25) is 5.91 Å². The van der Waals surface area contributed by atoms with Crippen molar-refractivity contribution in [3.8, 4) is 11.1 Å². The molecule has 0 aliphatic carbocycles. The van der Waals surface area contributed by atoms with Gasteiger partial charge in [-0.15, -0.1) is 0 Å². The molecule has 1 aromatic heterocycles. The number of anilines is 1. The molecule has 0 aliphatic rings. The van der Waals surface area contributed by atoms with E-state index in [9.17, 15) is 14.4 Å². The van der Waals surface area contributed by atoms with Gasteiger partial charge in [-0.3, -0.25) is 19.1 Å². The predicted octanol–water partition coefficient (Wildman–Crippen LogP) is 4.72. The second kappa shape index (κ2) is 9.71. The third kappa shape index (κ3) is 5.47. The van der Waals surface area contributed by atoms with Gasteiger partial charge in [0.15, 0.2) is 0 Å². The maximum atomic E-state index is 13.7. The summed E-state index contributed by atoms with van der Waals surface area (Å²) in [6.45, 7) is 9.86. The van der Waals surface area contributed by atoms with Gasteiger partial charge in [0.25, 0.3) is 5.56 Å². The van der Waals surface area contributed by atoms with Gasteiger partial charge in [-0.05, 0) is 55.3 Å². The fraction of sp³-hybridized carbons (Fsp3) is 0.370. The van der Waals surface area contributed by atoms with Gasteiger partial charge in [0.05, 0.1) is 6.42 Å². The van der Waals surface area contributed by atoms with Gasteiger partial charge >= 0.3 is 6.09 Å². The zero-order valence-electron chi connectivity index (χ0n) is 20.7.